The zero-order valence-corrected chi connectivity index (χ0v) is 7.94. The third-order valence-electron chi connectivity index (χ3n) is 1.71. The lowest BCUT2D eigenvalue weighted by atomic mass is 10.1. The molecule has 0 bridgehead atoms. The Morgan fingerprint density at radius 2 is 1.82 bits per heavy atom. The quantitative estimate of drug-likeness (QED) is 0.621. The van der Waals surface area contributed by atoms with Crippen molar-refractivity contribution < 1.29 is 0 Å². The Morgan fingerprint density at radius 1 is 1.27 bits per heavy atom. The lowest BCUT2D eigenvalue weighted by molar-refractivity contribution is 0.930. The van der Waals surface area contributed by atoms with E-state index in [1.807, 2.05) is 20.8 Å². The molecule has 0 unspecified atom stereocenters. The highest BCUT2D eigenvalue weighted by atomic mass is 14.7. The van der Waals surface area contributed by atoms with Crippen LogP contribution in [0.3, 0.4) is 0 Å². The second-order valence-corrected chi connectivity index (χ2v) is 2.78. The molecule has 0 spiro atoms. The van der Waals surface area contributed by atoms with Gasteiger partial charge in [0.2, 0.25) is 0 Å². The summed E-state index contributed by atoms with van der Waals surface area (Å²) in [5.41, 5.74) is 8.64. The molecule has 0 aromatic rings. The van der Waals surface area contributed by atoms with Crippen molar-refractivity contribution in [2.24, 2.45) is 10.7 Å². The van der Waals surface area contributed by atoms with Gasteiger partial charge >= 0.3 is 0 Å². The van der Waals surface area contributed by atoms with Crippen LogP contribution in [0.15, 0.2) is 16.3 Å². The first-order valence-electron chi connectivity index (χ1n) is 4.04. The van der Waals surface area contributed by atoms with Crippen molar-refractivity contribution in [3.63, 3.8) is 0 Å². The molecule has 0 aliphatic heterocycles. The normalized spacial score (nSPS) is 14.7. The number of hydrogen-bond donors (Lipinski definition) is 1. The second-order valence-electron chi connectivity index (χ2n) is 2.78. The van der Waals surface area contributed by atoms with E-state index in [2.05, 4.69) is 11.9 Å². The number of nitrogens with zero attached hydrogens (tertiary/aromatic N) is 1. The van der Waals surface area contributed by atoms with Crippen LogP contribution >= 0.6 is 0 Å². The highest BCUT2D eigenvalue weighted by Crippen LogP contribution is 2.00. The van der Waals surface area contributed by atoms with Gasteiger partial charge in [0.05, 0.1) is 0 Å². The summed E-state index contributed by atoms with van der Waals surface area (Å²) in [5, 5.41) is 0. The molecular formula is C9H18N2. The van der Waals surface area contributed by atoms with Gasteiger partial charge in [-0.05, 0) is 32.8 Å². The fourth-order valence-electron chi connectivity index (χ4n) is 0.683. The monoisotopic (exact) mass is 154 g/mol. The first kappa shape index (κ1) is 10.2. The molecule has 0 amide bonds. The van der Waals surface area contributed by atoms with Crippen LogP contribution in [0.2, 0.25) is 0 Å². The maximum Gasteiger partial charge on any atom is 0.0389 e. The standard InChI is InChI=1S/C9H18N2/c1-5-6-11-9(4)7(2)8(3)10/h5-6,10H2,1-4H3. The predicted octanol–water partition coefficient (Wildman–Crippen LogP) is 2.11. The van der Waals surface area contributed by atoms with E-state index in [1.165, 1.54) is 0 Å². The molecule has 11 heavy (non-hydrogen) atoms. The molecule has 0 fully saturated rings. The molecule has 0 saturated carbocycles. The molecular weight excluding hydrogens is 136 g/mol. The maximum atomic E-state index is 5.61. The Morgan fingerprint density at radius 3 is 2.18 bits per heavy atom. The zero-order chi connectivity index (χ0) is 8.85. The SMILES string of the molecule is CCCN=C(C)C(C)=C(C)N. The number of rotatable bonds is 3. The van der Waals surface area contributed by atoms with Gasteiger partial charge in [0, 0.05) is 18.0 Å². The summed E-state index contributed by atoms with van der Waals surface area (Å²) in [6, 6.07) is 0. The van der Waals surface area contributed by atoms with E-state index in [-0.39, 0.29) is 0 Å². The van der Waals surface area contributed by atoms with Crippen LogP contribution in [0.1, 0.15) is 34.1 Å². The summed E-state index contributed by atoms with van der Waals surface area (Å²) in [5.74, 6) is 0. The van der Waals surface area contributed by atoms with E-state index in [1.54, 1.807) is 0 Å². The minimum Gasteiger partial charge on any atom is -0.402 e. The fourth-order valence-corrected chi connectivity index (χ4v) is 0.683. The van der Waals surface area contributed by atoms with Gasteiger partial charge in [-0.15, -0.1) is 0 Å². The Bertz CT molecular complexity index is 174. The van der Waals surface area contributed by atoms with Crippen molar-refractivity contribution in [3.8, 4) is 0 Å². The van der Waals surface area contributed by atoms with Crippen molar-refractivity contribution in [3.05, 3.63) is 11.3 Å². The Labute approximate surface area is 69.2 Å². The first-order valence-corrected chi connectivity index (χ1v) is 4.04. The van der Waals surface area contributed by atoms with E-state index in [9.17, 15) is 0 Å². The molecule has 64 valence electrons. The molecule has 2 nitrogen and oxygen atoms in total. The zero-order valence-electron chi connectivity index (χ0n) is 7.94. The van der Waals surface area contributed by atoms with Gasteiger partial charge < -0.3 is 5.73 Å². The smallest absolute Gasteiger partial charge is 0.0389 e. The average molecular weight is 154 g/mol. The van der Waals surface area contributed by atoms with Crippen molar-refractivity contribution in [1.29, 1.82) is 0 Å². The third-order valence-corrected chi connectivity index (χ3v) is 1.71. The van der Waals surface area contributed by atoms with Crippen LogP contribution < -0.4 is 5.73 Å². The van der Waals surface area contributed by atoms with Gasteiger partial charge in [-0.3, -0.25) is 4.99 Å². The molecule has 0 radical (unpaired) electrons. The van der Waals surface area contributed by atoms with E-state index in [4.69, 9.17) is 5.73 Å². The number of allylic oxidation sites excluding steroid dienone is 2. The molecule has 0 aliphatic rings. The predicted molar refractivity (Wildman–Crippen MR) is 50.8 cm³/mol. The summed E-state index contributed by atoms with van der Waals surface area (Å²) in [4.78, 5) is 4.34. The van der Waals surface area contributed by atoms with Crippen LogP contribution in [-0.4, -0.2) is 12.3 Å². The topological polar surface area (TPSA) is 38.4 Å². The molecule has 0 atom stereocenters. The van der Waals surface area contributed by atoms with Crippen molar-refractivity contribution in [2.75, 3.05) is 6.54 Å². The number of hydrogen-bond acceptors (Lipinski definition) is 2. The van der Waals surface area contributed by atoms with Gasteiger partial charge in [-0.2, -0.15) is 0 Å². The molecule has 0 aromatic carbocycles. The highest BCUT2D eigenvalue weighted by molar-refractivity contribution is 5.98. The first-order chi connectivity index (χ1) is 5.09. The van der Waals surface area contributed by atoms with Crippen LogP contribution in [0, 0.1) is 0 Å². The summed E-state index contributed by atoms with van der Waals surface area (Å²) in [6.07, 6.45) is 1.09. The molecule has 2 heteroatoms. The van der Waals surface area contributed by atoms with Crippen molar-refractivity contribution >= 4 is 5.71 Å². The average Bonchev–Trinajstić information content (AvgIpc) is 1.98. The van der Waals surface area contributed by atoms with Crippen molar-refractivity contribution in [1.82, 2.24) is 0 Å². The van der Waals surface area contributed by atoms with Crippen molar-refractivity contribution in [2.45, 2.75) is 34.1 Å². The summed E-state index contributed by atoms with van der Waals surface area (Å²) < 4.78 is 0. The lowest BCUT2D eigenvalue weighted by Gasteiger charge is -2.02. The van der Waals surface area contributed by atoms with Gasteiger partial charge in [-0.1, -0.05) is 6.92 Å². The number of nitrogens with two attached hydrogens (primary N) is 1. The highest BCUT2D eigenvalue weighted by Gasteiger charge is 1.95. The number of aliphatic imine (C=N–C) groups is 1. The van der Waals surface area contributed by atoms with E-state index < -0.39 is 0 Å². The largest absolute Gasteiger partial charge is 0.402 e. The van der Waals surface area contributed by atoms with Gasteiger partial charge in [-0.25, -0.2) is 0 Å². The summed E-state index contributed by atoms with van der Waals surface area (Å²) >= 11 is 0. The Kier molecular flexibility index (Phi) is 4.59. The van der Waals surface area contributed by atoms with Crippen LogP contribution in [0.4, 0.5) is 0 Å². The summed E-state index contributed by atoms with van der Waals surface area (Å²) in [7, 11) is 0. The lowest BCUT2D eigenvalue weighted by Crippen LogP contribution is -2.03. The fraction of sp³-hybridized carbons (Fsp3) is 0.667. The van der Waals surface area contributed by atoms with E-state index in [0.717, 1.165) is 29.9 Å². The molecule has 0 aromatic heterocycles. The van der Waals surface area contributed by atoms with Crippen LogP contribution in [0.5, 0.6) is 0 Å². The minimum absolute atomic E-state index is 0.863. The molecule has 0 rings (SSSR count). The minimum atomic E-state index is 0.863. The molecule has 0 saturated heterocycles. The maximum absolute atomic E-state index is 5.61. The van der Waals surface area contributed by atoms with E-state index in [0.29, 0.717) is 0 Å². The second kappa shape index (κ2) is 4.94. The van der Waals surface area contributed by atoms with Crippen LogP contribution in [-0.2, 0) is 0 Å². The third kappa shape index (κ3) is 3.81. The van der Waals surface area contributed by atoms with Gasteiger partial charge in [0.15, 0.2) is 0 Å². The Balaban J connectivity index is 4.24. The molecule has 0 heterocycles. The Hall–Kier alpha value is -0.790. The molecule has 2 N–H and O–H groups in total. The summed E-state index contributed by atoms with van der Waals surface area (Å²) in [6.45, 7) is 8.92. The van der Waals surface area contributed by atoms with Gasteiger partial charge in [0.1, 0.15) is 0 Å². The van der Waals surface area contributed by atoms with E-state index >= 15 is 0 Å². The van der Waals surface area contributed by atoms with Crippen LogP contribution in [0.25, 0.3) is 0 Å². The molecule has 0 aliphatic carbocycles. The van der Waals surface area contributed by atoms with Gasteiger partial charge in [0.25, 0.3) is 0 Å².